The van der Waals surface area contributed by atoms with Gasteiger partial charge >= 0.3 is 0 Å². The third kappa shape index (κ3) is 2.71. The number of rotatable bonds is 5. The van der Waals surface area contributed by atoms with Crippen LogP contribution in [0.2, 0.25) is 0 Å². The highest BCUT2D eigenvalue weighted by Gasteiger charge is 2.09. The molecule has 0 unspecified atom stereocenters. The van der Waals surface area contributed by atoms with Crippen molar-refractivity contribution in [1.82, 2.24) is 15.5 Å². The van der Waals surface area contributed by atoms with Gasteiger partial charge in [0.1, 0.15) is 10.0 Å². The van der Waals surface area contributed by atoms with E-state index in [1.54, 1.807) is 11.3 Å². The molecule has 0 fully saturated rings. The predicted molar refractivity (Wildman–Crippen MR) is 85.1 cm³/mol. The molecule has 1 aromatic heterocycles. The lowest BCUT2D eigenvalue weighted by atomic mass is 10.1. The van der Waals surface area contributed by atoms with Crippen molar-refractivity contribution in [2.24, 2.45) is 0 Å². The van der Waals surface area contributed by atoms with Gasteiger partial charge < -0.3 is 5.32 Å². The standard InChI is InChI=1S/C16H17N3S/c1-2-17-11-10-15-18-19-16(20-15)14-9-5-7-12-6-3-4-8-13(12)14/h3-9,17H,2,10-11H2,1H3. The van der Waals surface area contributed by atoms with Crippen molar-refractivity contribution >= 4 is 22.1 Å². The maximum absolute atomic E-state index is 4.36. The van der Waals surface area contributed by atoms with Gasteiger partial charge in [-0.25, -0.2) is 0 Å². The van der Waals surface area contributed by atoms with Crippen molar-refractivity contribution < 1.29 is 0 Å². The van der Waals surface area contributed by atoms with Crippen molar-refractivity contribution in [2.45, 2.75) is 13.3 Å². The predicted octanol–water partition coefficient (Wildman–Crippen LogP) is 3.51. The fraction of sp³-hybridized carbons (Fsp3) is 0.250. The zero-order chi connectivity index (χ0) is 13.8. The molecule has 0 amide bonds. The molecular weight excluding hydrogens is 266 g/mol. The van der Waals surface area contributed by atoms with E-state index < -0.39 is 0 Å². The number of aromatic nitrogens is 2. The molecule has 3 rings (SSSR count). The van der Waals surface area contributed by atoms with Gasteiger partial charge in [-0.3, -0.25) is 0 Å². The molecule has 1 N–H and O–H groups in total. The first-order chi connectivity index (χ1) is 9.88. The molecule has 0 spiro atoms. The van der Waals surface area contributed by atoms with E-state index in [1.165, 1.54) is 16.3 Å². The summed E-state index contributed by atoms with van der Waals surface area (Å²) in [5.41, 5.74) is 1.18. The van der Waals surface area contributed by atoms with E-state index in [-0.39, 0.29) is 0 Å². The number of fused-ring (bicyclic) bond motifs is 1. The molecule has 0 bridgehead atoms. The van der Waals surface area contributed by atoms with Crippen LogP contribution in [0.3, 0.4) is 0 Å². The molecule has 0 saturated heterocycles. The fourth-order valence-corrected chi connectivity index (χ4v) is 3.13. The second kappa shape index (κ2) is 6.11. The van der Waals surface area contributed by atoms with Crippen LogP contribution in [0.1, 0.15) is 11.9 Å². The van der Waals surface area contributed by atoms with E-state index in [0.29, 0.717) is 0 Å². The summed E-state index contributed by atoms with van der Waals surface area (Å²) in [6.45, 7) is 4.07. The van der Waals surface area contributed by atoms with Crippen molar-refractivity contribution in [3.63, 3.8) is 0 Å². The van der Waals surface area contributed by atoms with Crippen molar-refractivity contribution in [2.75, 3.05) is 13.1 Å². The average molecular weight is 283 g/mol. The lowest BCUT2D eigenvalue weighted by Gasteiger charge is -2.02. The van der Waals surface area contributed by atoms with Gasteiger partial charge in [0.05, 0.1) is 0 Å². The second-order valence-corrected chi connectivity index (χ2v) is 5.69. The van der Waals surface area contributed by atoms with Gasteiger partial charge in [0.15, 0.2) is 0 Å². The zero-order valence-corrected chi connectivity index (χ0v) is 12.3. The third-order valence-corrected chi connectivity index (χ3v) is 4.27. The van der Waals surface area contributed by atoms with Crippen molar-refractivity contribution in [1.29, 1.82) is 0 Å². The second-order valence-electron chi connectivity index (χ2n) is 4.63. The van der Waals surface area contributed by atoms with Crippen molar-refractivity contribution in [3.8, 4) is 10.6 Å². The van der Waals surface area contributed by atoms with Crippen molar-refractivity contribution in [3.05, 3.63) is 47.5 Å². The van der Waals surface area contributed by atoms with E-state index in [2.05, 4.69) is 64.9 Å². The van der Waals surface area contributed by atoms with Gasteiger partial charge in [0, 0.05) is 18.5 Å². The largest absolute Gasteiger partial charge is 0.317 e. The van der Waals surface area contributed by atoms with E-state index in [4.69, 9.17) is 0 Å². The van der Waals surface area contributed by atoms with Gasteiger partial charge in [-0.2, -0.15) is 0 Å². The molecule has 0 aliphatic rings. The van der Waals surface area contributed by atoms with E-state index in [9.17, 15) is 0 Å². The van der Waals surface area contributed by atoms with E-state index in [1.807, 2.05) is 0 Å². The molecule has 102 valence electrons. The summed E-state index contributed by atoms with van der Waals surface area (Å²) < 4.78 is 0. The molecule has 0 atom stereocenters. The number of hydrogen-bond acceptors (Lipinski definition) is 4. The van der Waals surface area contributed by atoms with E-state index >= 15 is 0 Å². The van der Waals surface area contributed by atoms with Crippen LogP contribution >= 0.6 is 11.3 Å². The topological polar surface area (TPSA) is 37.8 Å². The number of benzene rings is 2. The van der Waals surface area contributed by atoms with Gasteiger partial charge in [-0.1, -0.05) is 60.7 Å². The number of likely N-dealkylation sites (N-methyl/N-ethyl adjacent to an activating group) is 1. The molecule has 0 saturated carbocycles. The molecule has 0 radical (unpaired) electrons. The minimum Gasteiger partial charge on any atom is -0.317 e. The number of hydrogen-bond donors (Lipinski definition) is 1. The SMILES string of the molecule is CCNCCc1nnc(-c2cccc3ccccc23)s1. The van der Waals surface area contributed by atoms with Crippen LogP contribution in [0.4, 0.5) is 0 Å². The molecule has 20 heavy (non-hydrogen) atoms. The summed E-state index contributed by atoms with van der Waals surface area (Å²) in [4.78, 5) is 0. The first kappa shape index (κ1) is 13.2. The lowest BCUT2D eigenvalue weighted by molar-refractivity contribution is 0.710. The molecule has 4 heteroatoms. The summed E-state index contributed by atoms with van der Waals surface area (Å²) >= 11 is 1.69. The van der Waals surface area contributed by atoms with Crippen LogP contribution in [-0.4, -0.2) is 23.3 Å². The highest BCUT2D eigenvalue weighted by atomic mass is 32.1. The summed E-state index contributed by atoms with van der Waals surface area (Å²) in [6.07, 6.45) is 0.941. The third-order valence-electron chi connectivity index (χ3n) is 3.25. The summed E-state index contributed by atoms with van der Waals surface area (Å²) in [6, 6.07) is 14.7. The van der Waals surface area contributed by atoms with Crippen LogP contribution < -0.4 is 5.32 Å². The maximum atomic E-state index is 4.36. The Hall–Kier alpha value is -1.78. The van der Waals surface area contributed by atoms with Crippen LogP contribution in [0.5, 0.6) is 0 Å². The maximum Gasteiger partial charge on any atom is 0.148 e. The quantitative estimate of drug-likeness (QED) is 0.728. The summed E-state index contributed by atoms with van der Waals surface area (Å²) in [7, 11) is 0. The first-order valence-electron chi connectivity index (χ1n) is 6.89. The Bertz CT molecular complexity index is 700. The monoisotopic (exact) mass is 283 g/mol. The Labute approximate surface area is 122 Å². The zero-order valence-electron chi connectivity index (χ0n) is 11.5. The average Bonchev–Trinajstić information content (AvgIpc) is 2.96. The smallest absolute Gasteiger partial charge is 0.148 e. The van der Waals surface area contributed by atoms with Crippen LogP contribution in [-0.2, 0) is 6.42 Å². The minimum absolute atomic E-state index is 0.941. The van der Waals surface area contributed by atoms with E-state index in [0.717, 1.165) is 29.5 Å². The Morgan fingerprint density at radius 2 is 1.90 bits per heavy atom. The summed E-state index contributed by atoms with van der Waals surface area (Å²) in [5.74, 6) is 0. The van der Waals surface area contributed by atoms with Crippen LogP contribution in [0.15, 0.2) is 42.5 Å². The normalized spacial score (nSPS) is 11.1. The molecule has 3 nitrogen and oxygen atoms in total. The molecule has 2 aromatic carbocycles. The highest BCUT2D eigenvalue weighted by Crippen LogP contribution is 2.30. The lowest BCUT2D eigenvalue weighted by Crippen LogP contribution is -2.15. The fourth-order valence-electron chi connectivity index (χ4n) is 2.25. The Morgan fingerprint density at radius 3 is 2.80 bits per heavy atom. The molecule has 3 aromatic rings. The number of nitrogens with one attached hydrogen (secondary N) is 1. The molecule has 0 aliphatic heterocycles. The molecular formula is C16H17N3S. The van der Waals surface area contributed by atoms with Gasteiger partial charge in [-0.05, 0) is 17.3 Å². The Balaban J connectivity index is 1.91. The molecule has 0 aliphatic carbocycles. The first-order valence-corrected chi connectivity index (χ1v) is 7.71. The van der Waals surface area contributed by atoms with Gasteiger partial charge in [0.25, 0.3) is 0 Å². The minimum atomic E-state index is 0.941. The number of nitrogens with zero attached hydrogens (tertiary/aromatic N) is 2. The molecule has 1 heterocycles. The Kier molecular flexibility index (Phi) is 4.04. The Morgan fingerprint density at radius 1 is 1.05 bits per heavy atom. The van der Waals surface area contributed by atoms with Gasteiger partial charge in [0.2, 0.25) is 0 Å². The van der Waals surface area contributed by atoms with Gasteiger partial charge in [-0.15, -0.1) is 10.2 Å². The highest BCUT2D eigenvalue weighted by molar-refractivity contribution is 7.14. The van der Waals surface area contributed by atoms with Crippen LogP contribution in [0.25, 0.3) is 21.3 Å². The summed E-state index contributed by atoms with van der Waals surface area (Å²) in [5, 5.41) is 16.6. The van der Waals surface area contributed by atoms with Crippen LogP contribution in [0, 0.1) is 0 Å².